The third-order valence-corrected chi connectivity index (χ3v) is 4.19. The average Bonchev–Trinajstić information content (AvgIpc) is 2.93. The lowest BCUT2D eigenvalue weighted by atomic mass is 10.1. The van der Waals surface area contributed by atoms with Crippen molar-refractivity contribution in [2.24, 2.45) is 0 Å². The molecule has 0 spiro atoms. The van der Waals surface area contributed by atoms with Crippen LogP contribution in [0.3, 0.4) is 0 Å². The molecule has 0 aliphatic carbocycles. The van der Waals surface area contributed by atoms with E-state index in [1.807, 2.05) is 4.68 Å². The number of aromatic nitrogens is 2. The molecule has 0 saturated carbocycles. The van der Waals surface area contributed by atoms with Gasteiger partial charge in [-0.15, -0.1) is 0 Å². The van der Waals surface area contributed by atoms with Crippen LogP contribution in [0.2, 0.25) is 0 Å². The lowest BCUT2D eigenvalue weighted by molar-refractivity contribution is 0.468. The maximum Gasteiger partial charge on any atom is 0.0762 e. The molecule has 0 saturated heterocycles. The van der Waals surface area contributed by atoms with Crippen LogP contribution in [-0.4, -0.2) is 9.78 Å². The maximum atomic E-state index is 4.61. The van der Waals surface area contributed by atoms with E-state index in [2.05, 4.69) is 83.6 Å². The molecule has 20 heavy (non-hydrogen) atoms. The molecule has 2 aromatic rings. The Kier molecular flexibility index (Phi) is 5.38. The Balaban J connectivity index is 1.91. The van der Waals surface area contributed by atoms with Gasteiger partial charge in [0.05, 0.1) is 5.69 Å². The lowest BCUT2D eigenvalue weighted by Crippen LogP contribution is -2.18. The molecule has 1 aromatic heterocycles. The summed E-state index contributed by atoms with van der Waals surface area (Å²) >= 11 is 3.46. The minimum Gasteiger partial charge on any atom is -0.304 e. The molecule has 2 rings (SSSR count). The van der Waals surface area contributed by atoms with Gasteiger partial charge in [-0.3, -0.25) is 4.68 Å². The van der Waals surface area contributed by atoms with Crippen LogP contribution in [0, 0.1) is 0 Å². The van der Waals surface area contributed by atoms with Crippen LogP contribution in [0.4, 0.5) is 0 Å². The van der Waals surface area contributed by atoms with Crippen molar-refractivity contribution in [3.05, 3.63) is 52.3 Å². The van der Waals surface area contributed by atoms with Crippen molar-refractivity contribution in [2.75, 3.05) is 0 Å². The first-order valence-corrected chi connectivity index (χ1v) is 7.92. The molecule has 3 nitrogen and oxygen atoms in total. The van der Waals surface area contributed by atoms with Gasteiger partial charge in [0, 0.05) is 29.3 Å². The quantitative estimate of drug-likeness (QED) is 0.844. The number of hydrogen-bond donors (Lipinski definition) is 1. The van der Waals surface area contributed by atoms with Crippen LogP contribution in [-0.2, 0) is 6.54 Å². The summed E-state index contributed by atoms with van der Waals surface area (Å²) in [5.41, 5.74) is 2.38. The van der Waals surface area contributed by atoms with Crippen molar-refractivity contribution < 1.29 is 0 Å². The van der Waals surface area contributed by atoms with E-state index in [4.69, 9.17) is 0 Å². The number of nitrogens with zero attached hydrogens (tertiary/aromatic N) is 2. The molecule has 0 radical (unpaired) electrons. The van der Waals surface area contributed by atoms with Crippen LogP contribution in [0.5, 0.6) is 0 Å². The van der Waals surface area contributed by atoms with Crippen molar-refractivity contribution in [1.29, 1.82) is 0 Å². The summed E-state index contributed by atoms with van der Waals surface area (Å²) in [6, 6.07) is 11.3. The summed E-state index contributed by atoms with van der Waals surface area (Å²) < 4.78 is 3.15. The maximum absolute atomic E-state index is 4.61. The highest BCUT2D eigenvalue weighted by atomic mass is 79.9. The molecule has 1 heterocycles. The van der Waals surface area contributed by atoms with Gasteiger partial charge in [-0.25, -0.2) is 0 Å². The van der Waals surface area contributed by atoms with E-state index in [0.29, 0.717) is 12.1 Å². The predicted molar refractivity (Wildman–Crippen MR) is 86.6 cm³/mol. The first kappa shape index (κ1) is 15.3. The van der Waals surface area contributed by atoms with Crippen LogP contribution >= 0.6 is 15.9 Å². The summed E-state index contributed by atoms with van der Waals surface area (Å²) in [5.74, 6) is 0. The number of rotatable bonds is 6. The van der Waals surface area contributed by atoms with E-state index in [9.17, 15) is 0 Å². The second-order valence-corrected chi connectivity index (χ2v) is 6.11. The molecule has 108 valence electrons. The zero-order chi connectivity index (χ0) is 14.5. The monoisotopic (exact) mass is 335 g/mol. The molecular weight excluding hydrogens is 314 g/mol. The fourth-order valence-corrected chi connectivity index (χ4v) is 2.30. The molecule has 0 amide bonds. The summed E-state index contributed by atoms with van der Waals surface area (Å²) in [7, 11) is 0. The van der Waals surface area contributed by atoms with Gasteiger partial charge in [0.25, 0.3) is 0 Å². The van der Waals surface area contributed by atoms with E-state index in [0.717, 1.165) is 23.1 Å². The van der Waals surface area contributed by atoms with Gasteiger partial charge >= 0.3 is 0 Å². The molecule has 4 heteroatoms. The van der Waals surface area contributed by atoms with Gasteiger partial charge in [-0.05, 0) is 44.0 Å². The van der Waals surface area contributed by atoms with Crippen molar-refractivity contribution in [3.8, 4) is 0 Å². The van der Waals surface area contributed by atoms with Crippen LogP contribution in [0.25, 0.3) is 0 Å². The Hall–Kier alpha value is -1.13. The van der Waals surface area contributed by atoms with Gasteiger partial charge in [-0.2, -0.15) is 5.10 Å². The van der Waals surface area contributed by atoms with Crippen LogP contribution in [0.15, 0.2) is 41.0 Å². The van der Waals surface area contributed by atoms with Crippen molar-refractivity contribution in [2.45, 2.75) is 45.8 Å². The standard InChI is InChI=1S/C16H22BrN3/c1-4-12(2)20-10-9-16(19-20)11-18-13(3)14-5-7-15(17)8-6-14/h5-10,12-13,18H,4,11H2,1-3H3/t12?,13-/m0/s1. The highest BCUT2D eigenvalue weighted by Gasteiger charge is 2.07. The Labute approximate surface area is 129 Å². The molecule has 1 unspecified atom stereocenters. The van der Waals surface area contributed by atoms with Gasteiger partial charge in [0.1, 0.15) is 0 Å². The smallest absolute Gasteiger partial charge is 0.0762 e. The molecule has 1 aromatic carbocycles. The second-order valence-electron chi connectivity index (χ2n) is 5.20. The largest absolute Gasteiger partial charge is 0.304 e. The van der Waals surface area contributed by atoms with Crippen molar-refractivity contribution >= 4 is 15.9 Å². The molecule has 1 N–H and O–H groups in total. The van der Waals surface area contributed by atoms with E-state index in [1.165, 1.54) is 5.56 Å². The number of halogens is 1. The molecule has 0 bridgehead atoms. The Morgan fingerprint density at radius 2 is 1.90 bits per heavy atom. The molecular formula is C16H22BrN3. The summed E-state index contributed by atoms with van der Waals surface area (Å²) in [4.78, 5) is 0. The van der Waals surface area contributed by atoms with E-state index in [1.54, 1.807) is 0 Å². The summed E-state index contributed by atoms with van der Waals surface area (Å²) in [5, 5.41) is 8.12. The van der Waals surface area contributed by atoms with Crippen LogP contribution in [0.1, 0.15) is 50.5 Å². The normalized spacial score (nSPS) is 14.2. The lowest BCUT2D eigenvalue weighted by Gasteiger charge is -2.13. The molecule has 0 aliphatic rings. The van der Waals surface area contributed by atoms with Gasteiger partial charge in [-0.1, -0.05) is 35.0 Å². The molecule has 0 fully saturated rings. The number of hydrogen-bond acceptors (Lipinski definition) is 2. The fraction of sp³-hybridized carbons (Fsp3) is 0.438. The Bertz CT molecular complexity index is 533. The third-order valence-electron chi connectivity index (χ3n) is 3.67. The van der Waals surface area contributed by atoms with Gasteiger partial charge < -0.3 is 5.32 Å². The van der Waals surface area contributed by atoms with E-state index >= 15 is 0 Å². The van der Waals surface area contributed by atoms with E-state index in [-0.39, 0.29) is 0 Å². The van der Waals surface area contributed by atoms with Crippen molar-refractivity contribution in [1.82, 2.24) is 15.1 Å². The first-order valence-electron chi connectivity index (χ1n) is 7.13. The molecule has 2 atom stereocenters. The van der Waals surface area contributed by atoms with E-state index < -0.39 is 0 Å². The van der Waals surface area contributed by atoms with Crippen LogP contribution < -0.4 is 5.32 Å². The Morgan fingerprint density at radius 3 is 2.55 bits per heavy atom. The highest BCUT2D eigenvalue weighted by molar-refractivity contribution is 9.10. The predicted octanol–water partition coefficient (Wildman–Crippen LogP) is 4.47. The number of nitrogens with one attached hydrogen (secondary N) is 1. The molecule has 0 aliphatic heterocycles. The highest BCUT2D eigenvalue weighted by Crippen LogP contribution is 2.17. The van der Waals surface area contributed by atoms with Crippen molar-refractivity contribution in [3.63, 3.8) is 0 Å². The average molecular weight is 336 g/mol. The minimum atomic E-state index is 0.317. The second kappa shape index (κ2) is 7.04. The SMILES string of the molecule is CCC(C)n1ccc(CN[C@@H](C)c2ccc(Br)cc2)n1. The topological polar surface area (TPSA) is 29.9 Å². The third kappa shape index (κ3) is 3.93. The van der Waals surface area contributed by atoms with Gasteiger partial charge in [0.15, 0.2) is 0 Å². The van der Waals surface area contributed by atoms with Gasteiger partial charge in [0.2, 0.25) is 0 Å². The first-order chi connectivity index (χ1) is 9.60. The minimum absolute atomic E-state index is 0.317. The zero-order valence-electron chi connectivity index (χ0n) is 12.3. The Morgan fingerprint density at radius 1 is 1.20 bits per heavy atom. The number of benzene rings is 1. The summed E-state index contributed by atoms with van der Waals surface area (Å²) in [6.45, 7) is 7.34. The summed E-state index contributed by atoms with van der Waals surface area (Å²) in [6.07, 6.45) is 3.17. The zero-order valence-corrected chi connectivity index (χ0v) is 13.9. The fourth-order valence-electron chi connectivity index (χ4n) is 2.03.